The summed E-state index contributed by atoms with van der Waals surface area (Å²) in [7, 11) is 0. The number of rotatable bonds is 7. The molecule has 1 aromatic rings. The molecule has 0 radical (unpaired) electrons. The van der Waals surface area contributed by atoms with Crippen molar-refractivity contribution in [2.75, 3.05) is 6.61 Å². The van der Waals surface area contributed by atoms with Crippen LogP contribution in [0.5, 0.6) is 5.75 Å². The molecule has 116 valence electrons. The lowest BCUT2D eigenvalue weighted by atomic mass is 9.97. The van der Waals surface area contributed by atoms with Gasteiger partial charge in [-0.05, 0) is 51.7 Å². The largest absolute Gasteiger partial charge is 0.493 e. The van der Waals surface area contributed by atoms with Crippen molar-refractivity contribution in [3.05, 3.63) is 28.8 Å². The Bertz CT molecular complexity index is 515. The normalized spacial score (nSPS) is 17.3. The second-order valence-corrected chi connectivity index (χ2v) is 6.44. The summed E-state index contributed by atoms with van der Waals surface area (Å²) in [6.45, 7) is 8.51. The summed E-state index contributed by atoms with van der Waals surface area (Å²) in [5.74, 6) is 0.606. The highest BCUT2D eigenvalue weighted by Gasteiger charge is 2.36. The summed E-state index contributed by atoms with van der Waals surface area (Å²) in [5.41, 5.74) is 8.35. The molecule has 0 saturated heterocycles. The Kier molecular flexibility index (Phi) is 4.57. The summed E-state index contributed by atoms with van der Waals surface area (Å²) in [4.78, 5) is 11.7. The van der Waals surface area contributed by atoms with Gasteiger partial charge < -0.3 is 15.8 Å². The van der Waals surface area contributed by atoms with E-state index in [4.69, 9.17) is 10.5 Å². The predicted octanol–water partition coefficient (Wildman–Crippen LogP) is 2.38. The zero-order valence-corrected chi connectivity index (χ0v) is 13.5. The van der Waals surface area contributed by atoms with Crippen LogP contribution < -0.4 is 15.8 Å². The molecule has 0 bridgehead atoms. The molecule has 0 aliphatic heterocycles. The van der Waals surface area contributed by atoms with E-state index >= 15 is 0 Å². The summed E-state index contributed by atoms with van der Waals surface area (Å²) >= 11 is 0. The summed E-state index contributed by atoms with van der Waals surface area (Å²) < 4.78 is 5.92. The smallest absolute Gasteiger partial charge is 0.237 e. The molecule has 1 atom stereocenters. The highest BCUT2D eigenvalue weighted by atomic mass is 16.5. The highest BCUT2D eigenvalue weighted by molar-refractivity contribution is 5.84. The predicted molar refractivity (Wildman–Crippen MR) is 84.5 cm³/mol. The maximum atomic E-state index is 11.7. The third-order valence-electron chi connectivity index (χ3n) is 4.10. The van der Waals surface area contributed by atoms with Crippen LogP contribution in [0.1, 0.15) is 42.9 Å². The minimum absolute atomic E-state index is 0.310. The van der Waals surface area contributed by atoms with E-state index in [-0.39, 0.29) is 5.91 Å². The molecule has 0 spiro atoms. The van der Waals surface area contributed by atoms with Crippen molar-refractivity contribution in [2.45, 2.75) is 58.5 Å². The van der Waals surface area contributed by atoms with Gasteiger partial charge in [-0.2, -0.15) is 0 Å². The van der Waals surface area contributed by atoms with E-state index in [9.17, 15) is 4.79 Å². The lowest BCUT2D eigenvalue weighted by molar-refractivity contribution is -0.124. The van der Waals surface area contributed by atoms with Crippen LogP contribution in [0.2, 0.25) is 0 Å². The van der Waals surface area contributed by atoms with Crippen LogP contribution in [0.4, 0.5) is 0 Å². The summed E-state index contributed by atoms with van der Waals surface area (Å²) in [5, 5.41) is 3.34. The molecule has 1 unspecified atom stereocenters. The fourth-order valence-corrected chi connectivity index (χ4v) is 2.70. The van der Waals surface area contributed by atoms with E-state index < -0.39 is 5.54 Å². The Morgan fingerprint density at radius 2 is 1.90 bits per heavy atom. The van der Waals surface area contributed by atoms with Crippen molar-refractivity contribution < 1.29 is 9.53 Å². The first-order valence-corrected chi connectivity index (χ1v) is 7.60. The average molecular weight is 290 g/mol. The molecule has 1 saturated carbocycles. The second-order valence-electron chi connectivity index (χ2n) is 6.44. The number of carbonyl (C=O) groups is 1. The van der Waals surface area contributed by atoms with Crippen molar-refractivity contribution in [3.63, 3.8) is 0 Å². The van der Waals surface area contributed by atoms with Crippen LogP contribution in [-0.4, -0.2) is 24.1 Å². The monoisotopic (exact) mass is 290 g/mol. The lowest BCUT2D eigenvalue weighted by Gasteiger charge is -2.28. The standard InChI is InChI=1S/C17H26N2O2/c1-11-9-12(2)15(13(3)10-11)21-8-7-17(4,16(18)20)19-14-5-6-14/h9-10,14,19H,5-8H2,1-4H3,(H2,18,20). The minimum Gasteiger partial charge on any atom is -0.493 e. The van der Waals surface area contributed by atoms with Crippen molar-refractivity contribution in [1.82, 2.24) is 5.32 Å². The summed E-state index contributed by atoms with van der Waals surface area (Å²) in [6.07, 6.45) is 2.82. The maximum absolute atomic E-state index is 11.7. The molecule has 0 heterocycles. The van der Waals surface area contributed by atoms with Crippen molar-refractivity contribution in [2.24, 2.45) is 5.73 Å². The molecule has 0 aromatic heterocycles. The van der Waals surface area contributed by atoms with Gasteiger partial charge >= 0.3 is 0 Å². The van der Waals surface area contributed by atoms with Crippen LogP contribution in [0.15, 0.2) is 12.1 Å². The average Bonchev–Trinajstić information content (AvgIpc) is 3.16. The zero-order valence-electron chi connectivity index (χ0n) is 13.5. The van der Waals surface area contributed by atoms with Gasteiger partial charge in [-0.25, -0.2) is 0 Å². The third kappa shape index (κ3) is 3.97. The molecule has 2 rings (SSSR count). The number of hydrogen-bond donors (Lipinski definition) is 2. The third-order valence-corrected chi connectivity index (χ3v) is 4.10. The number of amides is 1. The van der Waals surface area contributed by atoms with E-state index in [1.54, 1.807) is 0 Å². The van der Waals surface area contributed by atoms with Crippen molar-refractivity contribution in [1.29, 1.82) is 0 Å². The zero-order chi connectivity index (χ0) is 15.6. The van der Waals surface area contributed by atoms with Crippen molar-refractivity contribution in [3.8, 4) is 5.75 Å². The number of aryl methyl sites for hydroxylation is 3. The maximum Gasteiger partial charge on any atom is 0.237 e. The summed E-state index contributed by atoms with van der Waals surface area (Å²) in [6, 6.07) is 4.65. The first kappa shape index (κ1) is 15.8. The SMILES string of the molecule is Cc1cc(C)c(OCCC(C)(NC2CC2)C(N)=O)c(C)c1. The first-order valence-electron chi connectivity index (χ1n) is 7.60. The Morgan fingerprint density at radius 1 is 1.33 bits per heavy atom. The molecule has 4 nitrogen and oxygen atoms in total. The van der Waals surface area contributed by atoms with Crippen molar-refractivity contribution >= 4 is 5.91 Å². The van der Waals surface area contributed by atoms with Gasteiger partial charge in [-0.15, -0.1) is 0 Å². The number of nitrogens with one attached hydrogen (secondary N) is 1. The van der Waals surface area contributed by atoms with Gasteiger partial charge in [0.15, 0.2) is 0 Å². The van der Waals surface area contributed by atoms with Gasteiger partial charge in [0.1, 0.15) is 5.75 Å². The molecule has 1 amide bonds. The molecular formula is C17H26N2O2. The fourth-order valence-electron chi connectivity index (χ4n) is 2.70. The Labute approximate surface area is 127 Å². The minimum atomic E-state index is -0.687. The Morgan fingerprint density at radius 3 is 2.38 bits per heavy atom. The molecule has 1 aromatic carbocycles. The van der Waals surface area contributed by atoms with Crippen LogP contribution in [0.25, 0.3) is 0 Å². The molecule has 3 N–H and O–H groups in total. The Balaban J connectivity index is 1.97. The van der Waals surface area contributed by atoms with Gasteiger partial charge in [-0.1, -0.05) is 17.7 Å². The van der Waals surface area contributed by atoms with Gasteiger partial charge in [-0.3, -0.25) is 4.79 Å². The highest BCUT2D eigenvalue weighted by Crippen LogP contribution is 2.27. The van der Waals surface area contributed by atoms with E-state index in [2.05, 4.69) is 24.4 Å². The molecule has 1 fully saturated rings. The van der Waals surface area contributed by atoms with Gasteiger partial charge in [0.25, 0.3) is 0 Å². The number of carbonyl (C=O) groups excluding carboxylic acids is 1. The van der Waals surface area contributed by atoms with E-state index in [1.807, 2.05) is 20.8 Å². The molecule has 1 aliphatic rings. The van der Waals surface area contributed by atoms with Crippen LogP contribution in [0, 0.1) is 20.8 Å². The van der Waals surface area contributed by atoms with Gasteiger partial charge in [0, 0.05) is 12.5 Å². The number of primary amides is 1. The molecule has 21 heavy (non-hydrogen) atoms. The van der Waals surface area contributed by atoms with Crippen LogP contribution in [-0.2, 0) is 4.79 Å². The molecule has 1 aliphatic carbocycles. The van der Waals surface area contributed by atoms with Gasteiger partial charge in [0.2, 0.25) is 5.91 Å². The fraction of sp³-hybridized carbons (Fsp3) is 0.588. The number of hydrogen-bond acceptors (Lipinski definition) is 3. The second kappa shape index (κ2) is 6.06. The Hall–Kier alpha value is -1.55. The molecular weight excluding hydrogens is 264 g/mol. The van der Waals surface area contributed by atoms with Crippen LogP contribution >= 0.6 is 0 Å². The van der Waals surface area contributed by atoms with Gasteiger partial charge in [0.05, 0.1) is 12.1 Å². The topological polar surface area (TPSA) is 64.3 Å². The number of benzene rings is 1. The van der Waals surface area contributed by atoms with E-state index in [0.29, 0.717) is 19.1 Å². The lowest BCUT2D eigenvalue weighted by Crippen LogP contribution is -2.54. The molecule has 4 heteroatoms. The van der Waals surface area contributed by atoms with E-state index in [1.165, 1.54) is 5.56 Å². The van der Waals surface area contributed by atoms with E-state index in [0.717, 1.165) is 29.7 Å². The number of nitrogens with two attached hydrogens (primary N) is 1. The first-order chi connectivity index (χ1) is 9.82. The number of ether oxygens (including phenoxy) is 1. The quantitative estimate of drug-likeness (QED) is 0.810. The van der Waals surface area contributed by atoms with Crippen LogP contribution in [0.3, 0.4) is 0 Å².